The van der Waals surface area contributed by atoms with Gasteiger partial charge in [0.05, 0.1) is 72.6 Å². The van der Waals surface area contributed by atoms with Crippen LogP contribution >= 0.6 is 91.5 Å². The molecule has 20 rings (SSSR count). The maximum absolute atomic E-state index is 14.2. The van der Waals surface area contributed by atoms with E-state index in [0.29, 0.717) is 66.6 Å². The number of fused-ring (bicyclic) bond motifs is 17. The maximum atomic E-state index is 14.2. The molecule has 8 aromatic carbocycles. The van der Waals surface area contributed by atoms with E-state index >= 15 is 0 Å². The minimum Gasteiger partial charge on any atom is -0.289 e. The van der Waals surface area contributed by atoms with Gasteiger partial charge in [-0.3, -0.25) is 9.59 Å². The van der Waals surface area contributed by atoms with Gasteiger partial charge in [-0.1, -0.05) is 192 Å². The number of hydrogen-bond acceptors (Lipinski definition) is 18. The monoisotopic (exact) mass is 1480 g/mol. The van der Waals surface area contributed by atoms with E-state index in [1.165, 1.54) is 114 Å². The molecule has 488 valence electrons. The zero-order valence-electron chi connectivity index (χ0n) is 55.1. The van der Waals surface area contributed by atoms with Crippen molar-refractivity contribution < 1.29 is 9.59 Å². The molecule has 0 N–H and O–H groups in total. The molecule has 0 aliphatic heterocycles. The van der Waals surface area contributed by atoms with Crippen molar-refractivity contribution in [2.75, 3.05) is 0 Å². The molecule has 18 heteroatoms. The molecule has 8 heterocycles. The number of carbonyl (C=O) groups excluding carboxylic acids is 2. The number of nitrogens with zero attached hydrogens (tertiary/aromatic N) is 8. The SMILES string of the molecule is Cc1ccc(C2(c3ccc(C)cc3)c3c(sc4cc(-c5ccc(/C=C6\C(=O)c7ccccc7C6=C(C#N)C#N)c6nsnc56)sc34)-c3sc4c5c(sc4c32)-c2sc3cc(-c4ccc(/C=C6\C(=O)c7ccccc7C6=C(C#N)C#N)c6nsnc46)sc3c2C5(c2ccc(C)cc2)c2ccc(C)cc2)cc1. The van der Waals surface area contributed by atoms with Gasteiger partial charge in [-0.05, 0) is 85.4 Å². The normalized spacial score (nSPS) is 15.1. The lowest BCUT2D eigenvalue weighted by Crippen LogP contribution is -2.29. The van der Waals surface area contributed by atoms with Gasteiger partial charge >= 0.3 is 0 Å². The van der Waals surface area contributed by atoms with E-state index in [1.807, 2.05) is 93.9 Å². The highest BCUT2D eigenvalue weighted by Gasteiger charge is 2.56. The van der Waals surface area contributed by atoms with Gasteiger partial charge in [0.15, 0.2) is 11.6 Å². The Labute approximate surface area is 626 Å². The molecular weight excluding hydrogens is 1430 g/mol. The molecule has 8 aromatic heterocycles. The van der Waals surface area contributed by atoms with Crippen LogP contribution in [-0.4, -0.2) is 29.1 Å². The molecule has 0 atom stereocenters. The van der Waals surface area contributed by atoms with E-state index in [1.54, 1.807) is 71.2 Å². The number of ketones is 2. The number of nitriles is 4. The number of hydrogen-bond donors (Lipinski definition) is 0. The van der Waals surface area contributed by atoms with Crippen LogP contribution in [0.2, 0.25) is 0 Å². The lowest BCUT2D eigenvalue weighted by atomic mass is 9.67. The van der Waals surface area contributed by atoms with Gasteiger partial charge in [0, 0.05) is 97.1 Å². The Morgan fingerprint density at radius 2 is 0.673 bits per heavy atom. The number of allylic oxidation sites excluding steroid dienone is 6. The van der Waals surface area contributed by atoms with E-state index in [-0.39, 0.29) is 33.9 Å². The van der Waals surface area contributed by atoms with E-state index in [2.05, 4.69) is 149 Å². The minimum atomic E-state index is -0.766. The summed E-state index contributed by atoms with van der Waals surface area (Å²) in [6.07, 6.45) is 3.54. The van der Waals surface area contributed by atoms with Crippen molar-refractivity contribution in [3.63, 3.8) is 0 Å². The number of rotatable bonds is 8. The van der Waals surface area contributed by atoms with Crippen LogP contribution in [-0.2, 0) is 10.8 Å². The standard InChI is InChI=1S/C86H44N8O2S8/c1-41-13-23-49(24-14-41)85(50-25-15-42(2)16-26-50)67-77-63(35-61(97-77)57-31-21-45(71-73(57)93-103-91-71)33-59-65(47(37-87)38-88)53-9-5-7-11-55(53)75(59)95)99-79(67)81-69(85)83-84(101-81)70-82(102-83)80-68(86(70,51-27-17-43(3)18-28-51)52-29-19-44(4)20-30-52)78-64(100-80)36-62(98-78)58-32-22-46(72-74(58)94-104-92-72)34-60-66(48(39-89)40-90)54-10-6-8-12-56(54)76(60)96/h5-36H,1-4H3/b59-33-,60-34-. The predicted octanol–water partition coefficient (Wildman–Crippen LogP) is 23.0. The Morgan fingerprint density at radius 3 is 1.02 bits per heavy atom. The van der Waals surface area contributed by atoms with Crippen LogP contribution in [0.4, 0.5) is 0 Å². The molecule has 0 radical (unpaired) electrons. The summed E-state index contributed by atoms with van der Waals surface area (Å²) in [5.41, 5.74) is 22.1. The Morgan fingerprint density at radius 1 is 0.356 bits per heavy atom. The topological polar surface area (TPSA) is 181 Å². The van der Waals surface area contributed by atoms with E-state index in [4.69, 9.17) is 17.5 Å². The fraction of sp³-hybridized carbons (Fsp3) is 0.0698. The first kappa shape index (κ1) is 62.4. The highest BCUT2D eigenvalue weighted by Crippen LogP contribution is 2.72. The van der Waals surface area contributed by atoms with Gasteiger partial charge < -0.3 is 0 Å². The number of thiophene rings is 6. The molecule has 104 heavy (non-hydrogen) atoms. The fourth-order valence-electron chi connectivity index (χ4n) is 16.3. The Balaban J connectivity index is 0.789. The second kappa shape index (κ2) is 23.1. The molecule has 0 saturated heterocycles. The Kier molecular flexibility index (Phi) is 13.8. The third-order valence-electron chi connectivity index (χ3n) is 21.0. The fourth-order valence-corrected chi connectivity index (χ4v) is 26.4. The van der Waals surface area contributed by atoms with Crippen molar-refractivity contribution >= 4 is 177 Å². The summed E-state index contributed by atoms with van der Waals surface area (Å²) in [6, 6.07) is 72.2. The van der Waals surface area contributed by atoms with E-state index < -0.39 is 10.8 Å². The molecule has 4 aliphatic carbocycles. The van der Waals surface area contributed by atoms with Gasteiger partial charge in [-0.15, -0.1) is 68.0 Å². The summed E-state index contributed by atoms with van der Waals surface area (Å²) in [4.78, 5) is 35.5. The lowest BCUT2D eigenvalue weighted by Gasteiger charge is -2.34. The molecule has 10 nitrogen and oxygen atoms in total. The van der Waals surface area contributed by atoms with Crippen molar-refractivity contribution in [2.24, 2.45) is 0 Å². The van der Waals surface area contributed by atoms with Crippen LogP contribution < -0.4 is 0 Å². The van der Waals surface area contributed by atoms with Crippen LogP contribution in [0.5, 0.6) is 0 Å². The second-order valence-corrected chi connectivity index (χ2v) is 33.9. The summed E-state index contributed by atoms with van der Waals surface area (Å²) < 4.78 is 27.0. The largest absolute Gasteiger partial charge is 0.289 e. The van der Waals surface area contributed by atoms with E-state index in [0.717, 1.165) is 44.3 Å². The first-order valence-electron chi connectivity index (χ1n) is 33.2. The summed E-state index contributed by atoms with van der Waals surface area (Å²) in [7, 11) is 0. The maximum Gasteiger partial charge on any atom is 0.194 e. The highest BCUT2D eigenvalue weighted by molar-refractivity contribution is 7.38. The summed E-state index contributed by atoms with van der Waals surface area (Å²) in [6.45, 7) is 8.64. The number of Topliss-reactive ketones (excluding diaryl/α,β-unsaturated/α-hetero) is 2. The zero-order valence-corrected chi connectivity index (χ0v) is 61.7. The first-order chi connectivity index (χ1) is 50.8. The highest BCUT2D eigenvalue weighted by atomic mass is 32.1. The third kappa shape index (κ3) is 8.50. The van der Waals surface area contributed by atoms with Crippen molar-refractivity contribution in [1.82, 2.24) is 17.5 Å². The Hall–Kier alpha value is -11.4. The third-order valence-corrected chi connectivity index (χ3v) is 29.8. The molecule has 0 spiro atoms. The predicted molar refractivity (Wildman–Crippen MR) is 426 cm³/mol. The molecule has 0 amide bonds. The molecule has 16 aromatic rings. The minimum absolute atomic E-state index is 0.120. The summed E-state index contributed by atoms with van der Waals surface area (Å²) >= 11 is 13.4. The van der Waals surface area contributed by atoms with Crippen LogP contribution in [0.15, 0.2) is 204 Å². The molecule has 0 saturated carbocycles. The van der Waals surface area contributed by atoms with Crippen LogP contribution in [0.25, 0.3) is 114 Å². The van der Waals surface area contributed by atoms with Gasteiger partial charge in [-0.2, -0.15) is 38.5 Å². The van der Waals surface area contributed by atoms with Gasteiger partial charge in [0.25, 0.3) is 0 Å². The average Bonchev–Trinajstić information content (AvgIpc) is 1.48. The number of aromatic nitrogens is 4. The lowest BCUT2D eigenvalue weighted by molar-refractivity contribution is 0.103. The second-order valence-electron chi connectivity index (χ2n) is 26.6. The van der Waals surface area contributed by atoms with Gasteiger partial charge in [0.2, 0.25) is 0 Å². The number of carbonyl (C=O) groups is 2. The molecule has 4 aliphatic rings. The molecular formula is C86H44N8O2S8. The van der Waals surface area contributed by atoms with Crippen LogP contribution in [0.3, 0.4) is 0 Å². The van der Waals surface area contributed by atoms with Gasteiger partial charge in [0.1, 0.15) is 57.5 Å². The quantitative estimate of drug-likeness (QED) is 0.105. The zero-order chi connectivity index (χ0) is 70.3. The summed E-state index contributed by atoms with van der Waals surface area (Å²) in [5, 5.41) is 40.6. The van der Waals surface area contributed by atoms with Crippen LogP contribution in [0.1, 0.15) is 110 Å². The van der Waals surface area contributed by atoms with Crippen LogP contribution in [0, 0.1) is 73.0 Å². The van der Waals surface area contributed by atoms with Gasteiger partial charge in [-0.25, -0.2) is 0 Å². The molecule has 0 bridgehead atoms. The first-order valence-corrected chi connectivity index (χ1v) is 39.6. The molecule has 0 fully saturated rings. The van der Waals surface area contributed by atoms with Crippen molar-refractivity contribution in [3.8, 4) is 64.7 Å². The summed E-state index contributed by atoms with van der Waals surface area (Å²) in [5.74, 6) is -0.497. The smallest absolute Gasteiger partial charge is 0.194 e. The van der Waals surface area contributed by atoms with E-state index in [9.17, 15) is 30.6 Å². The van der Waals surface area contributed by atoms with Crippen molar-refractivity contribution in [3.05, 3.63) is 304 Å². The Bertz CT molecular complexity index is 6380. The number of benzene rings is 8. The van der Waals surface area contributed by atoms with Crippen molar-refractivity contribution in [2.45, 2.75) is 38.5 Å². The average molecular weight is 1480 g/mol. The van der Waals surface area contributed by atoms with Crippen molar-refractivity contribution in [1.29, 1.82) is 21.0 Å². The molecule has 0 unspecified atom stereocenters. The number of aryl methyl sites for hydroxylation is 4.